The average Bonchev–Trinajstić information content (AvgIpc) is 3.26. The third-order valence-corrected chi connectivity index (χ3v) is 4.94. The number of carbonyl (C=O) groups excluding carboxylic acids is 1. The van der Waals surface area contributed by atoms with E-state index in [2.05, 4.69) is 33.9 Å². The van der Waals surface area contributed by atoms with Gasteiger partial charge in [0.1, 0.15) is 0 Å². The lowest BCUT2D eigenvalue weighted by Crippen LogP contribution is -2.38. The van der Waals surface area contributed by atoms with E-state index in [-0.39, 0.29) is 5.91 Å². The second-order valence-electron chi connectivity index (χ2n) is 7.37. The van der Waals surface area contributed by atoms with E-state index in [1.807, 2.05) is 43.3 Å². The van der Waals surface area contributed by atoms with Gasteiger partial charge in [0, 0.05) is 25.2 Å². The summed E-state index contributed by atoms with van der Waals surface area (Å²) in [6, 6.07) is 13.6. The lowest BCUT2D eigenvalue weighted by molar-refractivity contribution is 0.0953. The van der Waals surface area contributed by atoms with E-state index in [1.54, 1.807) is 0 Å². The van der Waals surface area contributed by atoms with Gasteiger partial charge in [0.15, 0.2) is 17.5 Å². The molecule has 166 valence electrons. The van der Waals surface area contributed by atoms with Gasteiger partial charge >= 0.3 is 0 Å². The van der Waals surface area contributed by atoms with E-state index >= 15 is 0 Å². The van der Waals surface area contributed by atoms with Crippen LogP contribution in [0, 0.1) is 0 Å². The number of hydrogen-bond donors (Lipinski definition) is 3. The van der Waals surface area contributed by atoms with Crippen molar-refractivity contribution in [3.8, 4) is 11.5 Å². The van der Waals surface area contributed by atoms with Gasteiger partial charge in [-0.25, -0.2) is 4.99 Å². The number of guanidine groups is 1. The van der Waals surface area contributed by atoms with Crippen molar-refractivity contribution in [3.63, 3.8) is 0 Å². The summed E-state index contributed by atoms with van der Waals surface area (Å²) < 4.78 is 10.8. The Morgan fingerprint density at radius 1 is 0.935 bits per heavy atom. The summed E-state index contributed by atoms with van der Waals surface area (Å²) >= 11 is 0. The maximum atomic E-state index is 12.1. The van der Waals surface area contributed by atoms with Gasteiger partial charge in [-0.05, 0) is 55.2 Å². The fourth-order valence-electron chi connectivity index (χ4n) is 3.18. The first-order chi connectivity index (χ1) is 15.2. The Bertz CT molecular complexity index is 881. The minimum Gasteiger partial charge on any atom is -0.454 e. The van der Waals surface area contributed by atoms with Gasteiger partial charge in [-0.1, -0.05) is 31.5 Å². The third-order valence-electron chi connectivity index (χ3n) is 4.94. The molecule has 0 atom stereocenters. The largest absolute Gasteiger partial charge is 0.454 e. The third kappa shape index (κ3) is 6.91. The summed E-state index contributed by atoms with van der Waals surface area (Å²) in [4.78, 5) is 16.8. The number of hydrogen-bond acceptors (Lipinski definition) is 4. The molecule has 1 heterocycles. The van der Waals surface area contributed by atoms with Crippen LogP contribution < -0.4 is 25.4 Å². The quantitative estimate of drug-likeness (QED) is 0.310. The lowest BCUT2D eigenvalue weighted by atomic mass is 10.1. The van der Waals surface area contributed by atoms with Crippen molar-refractivity contribution in [1.29, 1.82) is 0 Å². The molecule has 7 heteroatoms. The molecule has 3 rings (SSSR count). The number of carbonyl (C=O) groups is 1. The van der Waals surface area contributed by atoms with Crippen molar-refractivity contribution < 1.29 is 14.3 Å². The Labute approximate surface area is 184 Å². The highest BCUT2D eigenvalue weighted by atomic mass is 16.7. The zero-order valence-electron chi connectivity index (χ0n) is 18.4. The second kappa shape index (κ2) is 11.8. The van der Waals surface area contributed by atoms with Crippen LogP contribution >= 0.6 is 0 Å². The molecule has 0 fully saturated rings. The van der Waals surface area contributed by atoms with Gasteiger partial charge in [0.05, 0.1) is 6.54 Å². The van der Waals surface area contributed by atoms with Crippen LogP contribution in [0.15, 0.2) is 47.5 Å². The summed E-state index contributed by atoms with van der Waals surface area (Å²) in [5.74, 6) is 2.35. The Balaban J connectivity index is 1.49. The molecule has 0 aliphatic carbocycles. The maximum absolute atomic E-state index is 12.1. The predicted octanol–water partition coefficient (Wildman–Crippen LogP) is 3.24. The van der Waals surface area contributed by atoms with E-state index < -0.39 is 0 Å². The van der Waals surface area contributed by atoms with Crippen molar-refractivity contribution in [2.24, 2.45) is 4.99 Å². The van der Waals surface area contributed by atoms with E-state index in [0.29, 0.717) is 25.4 Å². The Kier molecular flexibility index (Phi) is 8.58. The van der Waals surface area contributed by atoms with Crippen molar-refractivity contribution in [1.82, 2.24) is 16.0 Å². The van der Waals surface area contributed by atoms with Crippen LogP contribution in [-0.4, -0.2) is 38.3 Å². The number of benzene rings is 2. The SMILES string of the molecule is CCCCNC(=O)c1ccc(CN=C(NCC)NCCc2ccc3c(c2)OCO3)cc1. The van der Waals surface area contributed by atoms with Gasteiger partial charge in [-0.15, -0.1) is 0 Å². The maximum Gasteiger partial charge on any atom is 0.251 e. The molecule has 7 nitrogen and oxygen atoms in total. The Morgan fingerprint density at radius 2 is 1.71 bits per heavy atom. The summed E-state index contributed by atoms with van der Waals surface area (Å²) in [5, 5.41) is 9.57. The first kappa shape index (κ1) is 22.5. The summed E-state index contributed by atoms with van der Waals surface area (Å²) in [6.45, 7) is 7.23. The van der Waals surface area contributed by atoms with Crippen LogP contribution in [0.3, 0.4) is 0 Å². The van der Waals surface area contributed by atoms with Gasteiger partial charge < -0.3 is 25.4 Å². The van der Waals surface area contributed by atoms with E-state index in [1.165, 1.54) is 5.56 Å². The Hall–Kier alpha value is -3.22. The van der Waals surface area contributed by atoms with Crippen LogP contribution in [0.25, 0.3) is 0 Å². The molecular formula is C24H32N4O3. The molecule has 31 heavy (non-hydrogen) atoms. The first-order valence-electron chi connectivity index (χ1n) is 11.0. The molecule has 0 saturated heterocycles. The fourth-order valence-corrected chi connectivity index (χ4v) is 3.18. The molecule has 2 aromatic carbocycles. The molecule has 1 amide bonds. The summed E-state index contributed by atoms with van der Waals surface area (Å²) in [6.07, 6.45) is 2.91. The first-order valence-corrected chi connectivity index (χ1v) is 11.0. The number of amides is 1. The number of rotatable bonds is 10. The number of unbranched alkanes of at least 4 members (excludes halogenated alkanes) is 1. The van der Waals surface area contributed by atoms with E-state index in [9.17, 15) is 4.79 Å². The highest BCUT2D eigenvalue weighted by Crippen LogP contribution is 2.32. The number of fused-ring (bicyclic) bond motifs is 1. The Morgan fingerprint density at radius 3 is 2.48 bits per heavy atom. The van der Waals surface area contributed by atoms with Crippen LogP contribution in [0.2, 0.25) is 0 Å². The molecule has 0 bridgehead atoms. The van der Waals surface area contributed by atoms with Crippen molar-refractivity contribution in [2.75, 3.05) is 26.4 Å². The molecule has 0 spiro atoms. The van der Waals surface area contributed by atoms with Gasteiger partial charge in [0.2, 0.25) is 6.79 Å². The molecule has 0 unspecified atom stereocenters. The monoisotopic (exact) mass is 424 g/mol. The number of aliphatic imine (C=N–C) groups is 1. The van der Waals surface area contributed by atoms with E-state index in [0.717, 1.165) is 55.4 Å². The highest BCUT2D eigenvalue weighted by molar-refractivity contribution is 5.94. The van der Waals surface area contributed by atoms with Crippen LogP contribution in [-0.2, 0) is 13.0 Å². The lowest BCUT2D eigenvalue weighted by Gasteiger charge is -2.12. The number of nitrogens with one attached hydrogen (secondary N) is 3. The van der Waals surface area contributed by atoms with Gasteiger partial charge in [-0.3, -0.25) is 4.79 Å². The van der Waals surface area contributed by atoms with Crippen LogP contribution in [0.4, 0.5) is 0 Å². The van der Waals surface area contributed by atoms with Crippen LogP contribution in [0.5, 0.6) is 11.5 Å². The molecule has 1 aliphatic heterocycles. The van der Waals surface area contributed by atoms with Crippen LogP contribution in [0.1, 0.15) is 48.2 Å². The van der Waals surface area contributed by atoms with E-state index in [4.69, 9.17) is 9.47 Å². The molecule has 0 aromatic heterocycles. The molecule has 2 aromatic rings. The fraction of sp³-hybridized carbons (Fsp3) is 0.417. The standard InChI is InChI=1S/C24H32N4O3/c1-3-5-13-26-23(29)20-9-6-19(7-10-20)16-28-24(25-4-2)27-14-12-18-8-11-21-22(15-18)31-17-30-21/h6-11,15H,3-5,12-14,16-17H2,1-2H3,(H,26,29)(H2,25,27,28). The molecule has 1 aliphatic rings. The molecule has 0 saturated carbocycles. The predicted molar refractivity (Wildman–Crippen MR) is 123 cm³/mol. The smallest absolute Gasteiger partial charge is 0.251 e. The summed E-state index contributed by atoms with van der Waals surface area (Å²) in [5.41, 5.74) is 2.91. The molecule has 0 radical (unpaired) electrons. The topological polar surface area (TPSA) is 84.0 Å². The van der Waals surface area contributed by atoms with Gasteiger partial charge in [-0.2, -0.15) is 0 Å². The van der Waals surface area contributed by atoms with Gasteiger partial charge in [0.25, 0.3) is 5.91 Å². The normalized spacial score (nSPS) is 12.5. The molecule has 3 N–H and O–H groups in total. The second-order valence-corrected chi connectivity index (χ2v) is 7.37. The molecular weight excluding hydrogens is 392 g/mol. The minimum atomic E-state index is -0.0259. The highest BCUT2D eigenvalue weighted by Gasteiger charge is 2.13. The van der Waals surface area contributed by atoms with Crippen molar-refractivity contribution >= 4 is 11.9 Å². The summed E-state index contributed by atoms with van der Waals surface area (Å²) in [7, 11) is 0. The zero-order valence-corrected chi connectivity index (χ0v) is 18.4. The zero-order chi connectivity index (χ0) is 21.9. The number of ether oxygens (including phenoxy) is 2. The van der Waals surface area contributed by atoms with Crippen molar-refractivity contribution in [2.45, 2.75) is 39.7 Å². The van der Waals surface area contributed by atoms with Crippen molar-refractivity contribution in [3.05, 3.63) is 59.2 Å². The number of nitrogens with zero attached hydrogens (tertiary/aromatic N) is 1. The minimum absolute atomic E-state index is 0.0259. The average molecular weight is 425 g/mol.